The molecule has 1 aliphatic heterocycles. The van der Waals surface area contributed by atoms with Crippen molar-refractivity contribution in [3.8, 4) is 0 Å². The van der Waals surface area contributed by atoms with Crippen molar-refractivity contribution >= 4 is 0 Å². The average molecular weight is 349 g/mol. The minimum atomic E-state index is 0.225. The molecule has 0 aromatic heterocycles. The van der Waals surface area contributed by atoms with E-state index in [1.54, 1.807) is 0 Å². The zero-order valence-corrected chi connectivity index (χ0v) is 17.3. The van der Waals surface area contributed by atoms with Gasteiger partial charge in [-0.25, -0.2) is 0 Å². The Labute approximate surface area is 158 Å². The van der Waals surface area contributed by atoms with Crippen molar-refractivity contribution in [2.24, 2.45) is 0 Å². The van der Waals surface area contributed by atoms with Gasteiger partial charge in [0.15, 0.2) is 0 Å². The van der Waals surface area contributed by atoms with Crippen LogP contribution in [0.4, 0.5) is 0 Å². The van der Waals surface area contributed by atoms with Gasteiger partial charge in [-0.1, -0.05) is 42.0 Å². The molecule has 2 aromatic rings. The second-order valence-electron chi connectivity index (χ2n) is 8.11. The fraction of sp³-hybridized carbons (Fsp3) is 0.417. The second-order valence-corrected chi connectivity index (χ2v) is 8.11. The van der Waals surface area contributed by atoms with E-state index in [0.29, 0.717) is 0 Å². The van der Waals surface area contributed by atoms with E-state index in [1.165, 1.54) is 44.5 Å². The number of hydrogen-bond donors (Lipinski definition) is 1. The van der Waals surface area contributed by atoms with Crippen LogP contribution in [-0.4, -0.2) is 24.7 Å². The number of likely N-dealkylation sites (N-methyl/N-ethyl adjacent to an activating group) is 1. The van der Waals surface area contributed by atoms with Gasteiger partial charge in [-0.05, 0) is 74.9 Å². The van der Waals surface area contributed by atoms with Crippen LogP contribution in [-0.2, 0) is 0 Å². The van der Waals surface area contributed by atoms with Gasteiger partial charge in [-0.15, -0.1) is 0 Å². The van der Waals surface area contributed by atoms with Gasteiger partial charge in [0.2, 0.25) is 0 Å². The quantitative estimate of drug-likeness (QED) is 0.835. The third-order valence-electron chi connectivity index (χ3n) is 5.85. The van der Waals surface area contributed by atoms with E-state index in [1.807, 2.05) is 0 Å². The van der Waals surface area contributed by atoms with Gasteiger partial charge in [0.1, 0.15) is 0 Å². The van der Waals surface area contributed by atoms with E-state index in [0.717, 1.165) is 12.2 Å². The lowest BCUT2D eigenvalue weighted by Gasteiger charge is -2.35. The second kappa shape index (κ2) is 6.92. The fourth-order valence-electron chi connectivity index (χ4n) is 4.85. The molecule has 3 rings (SSSR count). The Balaban J connectivity index is 2.27. The van der Waals surface area contributed by atoms with E-state index in [4.69, 9.17) is 0 Å². The topological polar surface area (TPSA) is 15.3 Å². The number of hydrogen-bond acceptors (Lipinski definition) is 2. The molecule has 1 fully saturated rings. The van der Waals surface area contributed by atoms with Crippen LogP contribution in [0.1, 0.15) is 50.4 Å². The maximum Gasteiger partial charge on any atom is 0.0904 e. The van der Waals surface area contributed by atoms with Crippen LogP contribution < -0.4 is 5.32 Å². The summed E-state index contributed by atoms with van der Waals surface area (Å²) in [6.07, 6.45) is 0.225. The van der Waals surface area contributed by atoms with E-state index >= 15 is 0 Å². The molecule has 1 saturated heterocycles. The highest BCUT2D eigenvalue weighted by Gasteiger charge is 2.36. The molecular formula is C24H32N2. The lowest BCUT2D eigenvalue weighted by molar-refractivity contribution is 0.299. The number of nitrogens with one attached hydrogen (secondary N) is 1. The summed E-state index contributed by atoms with van der Waals surface area (Å²) in [5, 5.41) is 3.72. The van der Waals surface area contributed by atoms with E-state index in [-0.39, 0.29) is 12.1 Å². The molecule has 1 aliphatic rings. The van der Waals surface area contributed by atoms with Gasteiger partial charge in [0.25, 0.3) is 0 Å². The summed E-state index contributed by atoms with van der Waals surface area (Å²) in [4.78, 5) is 2.32. The molecule has 1 N–H and O–H groups in total. The Morgan fingerprint density at radius 2 is 1.23 bits per heavy atom. The summed E-state index contributed by atoms with van der Waals surface area (Å²) in [7, 11) is 2.16. The predicted molar refractivity (Wildman–Crippen MR) is 112 cm³/mol. The number of benzene rings is 2. The zero-order valence-electron chi connectivity index (χ0n) is 17.3. The van der Waals surface area contributed by atoms with Crippen molar-refractivity contribution in [1.82, 2.24) is 10.2 Å². The first-order valence-corrected chi connectivity index (χ1v) is 9.50. The molecule has 2 heteroatoms. The summed E-state index contributed by atoms with van der Waals surface area (Å²) in [5.74, 6) is 0.278. The van der Waals surface area contributed by atoms with Gasteiger partial charge < -0.3 is 4.90 Å². The molecule has 1 unspecified atom stereocenters. The first-order valence-electron chi connectivity index (χ1n) is 9.50. The van der Waals surface area contributed by atoms with Crippen molar-refractivity contribution in [1.29, 1.82) is 0 Å². The highest BCUT2D eigenvalue weighted by molar-refractivity contribution is 5.51. The molecule has 0 bridgehead atoms. The molecule has 0 spiro atoms. The Morgan fingerprint density at radius 1 is 0.846 bits per heavy atom. The molecular weight excluding hydrogens is 316 g/mol. The number of nitrogens with zero attached hydrogens (tertiary/aromatic N) is 1. The normalized spacial score (nSPS) is 17.5. The number of rotatable bonds is 3. The van der Waals surface area contributed by atoms with E-state index in [9.17, 15) is 0 Å². The fourth-order valence-corrected chi connectivity index (χ4v) is 4.85. The molecule has 0 radical (unpaired) electrons. The minimum Gasteiger partial charge on any atom is -0.361 e. The van der Waals surface area contributed by atoms with Gasteiger partial charge in [-0.3, -0.25) is 5.32 Å². The summed E-state index contributed by atoms with van der Waals surface area (Å²) in [6.45, 7) is 18.5. The van der Waals surface area contributed by atoms with E-state index in [2.05, 4.69) is 89.7 Å². The van der Waals surface area contributed by atoms with Crippen molar-refractivity contribution in [2.45, 2.75) is 53.6 Å². The van der Waals surface area contributed by atoms with Crippen LogP contribution >= 0.6 is 0 Å². The zero-order chi connectivity index (χ0) is 19.2. The van der Waals surface area contributed by atoms with Gasteiger partial charge in [0, 0.05) is 25.2 Å². The molecule has 138 valence electrons. The molecule has 26 heavy (non-hydrogen) atoms. The summed E-state index contributed by atoms with van der Waals surface area (Å²) in [6, 6.07) is 9.27. The van der Waals surface area contributed by atoms with Crippen LogP contribution in [0, 0.1) is 41.5 Å². The molecule has 1 atom stereocenters. The monoisotopic (exact) mass is 348 g/mol. The Morgan fingerprint density at radius 3 is 1.54 bits per heavy atom. The number of aryl methyl sites for hydroxylation is 6. The van der Waals surface area contributed by atoms with Crippen LogP contribution in [0.3, 0.4) is 0 Å². The highest BCUT2D eigenvalue weighted by Crippen LogP contribution is 2.39. The molecule has 0 amide bonds. The maximum absolute atomic E-state index is 4.24. The Kier molecular flexibility index (Phi) is 4.98. The molecule has 2 nitrogen and oxygen atoms in total. The lowest BCUT2D eigenvalue weighted by atomic mass is 9.78. The third-order valence-corrected chi connectivity index (χ3v) is 5.85. The van der Waals surface area contributed by atoms with Gasteiger partial charge in [-0.2, -0.15) is 0 Å². The largest absolute Gasteiger partial charge is 0.361 e. The SMILES string of the molecule is C=C1CNC(C(c2c(C)cc(C)cc2C)c2c(C)cc(C)cc2C)N1C. The van der Waals surface area contributed by atoms with Crippen molar-refractivity contribution in [2.75, 3.05) is 13.6 Å². The van der Waals surface area contributed by atoms with Crippen LogP contribution in [0.25, 0.3) is 0 Å². The summed E-state index contributed by atoms with van der Waals surface area (Å²) < 4.78 is 0. The first-order chi connectivity index (χ1) is 12.2. The average Bonchev–Trinajstić information content (AvgIpc) is 2.83. The third kappa shape index (κ3) is 3.19. The standard InChI is InChI=1S/C24H32N2/c1-14-9-16(3)21(17(4)10-14)23(24-25-13-20(7)26(24)8)22-18(5)11-15(2)12-19(22)6/h9-12,23-25H,7,13H2,1-6,8H3. The van der Waals surface area contributed by atoms with Crippen molar-refractivity contribution < 1.29 is 0 Å². The van der Waals surface area contributed by atoms with Gasteiger partial charge >= 0.3 is 0 Å². The van der Waals surface area contributed by atoms with Gasteiger partial charge in [0.05, 0.1) is 6.17 Å². The smallest absolute Gasteiger partial charge is 0.0904 e. The molecule has 2 aromatic carbocycles. The predicted octanol–water partition coefficient (Wildman–Crippen LogP) is 5.04. The van der Waals surface area contributed by atoms with Crippen molar-refractivity contribution in [3.05, 3.63) is 81.0 Å². The van der Waals surface area contributed by atoms with Crippen LogP contribution in [0.5, 0.6) is 0 Å². The molecule has 0 saturated carbocycles. The lowest BCUT2D eigenvalue weighted by Crippen LogP contribution is -2.40. The maximum atomic E-state index is 4.24. The summed E-state index contributed by atoms with van der Waals surface area (Å²) >= 11 is 0. The van der Waals surface area contributed by atoms with E-state index < -0.39 is 0 Å². The Bertz CT molecular complexity index is 759. The molecule has 1 heterocycles. The van der Waals surface area contributed by atoms with Crippen LogP contribution in [0.2, 0.25) is 0 Å². The van der Waals surface area contributed by atoms with Crippen molar-refractivity contribution in [3.63, 3.8) is 0 Å². The van der Waals surface area contributed by atoms with Crippen LogP contribution in [0.15, 0.2) is 36.5 Å². The highest BCUT2D eigenvalue weighted by atomic mass is 15.3. The Hall–Kier alpha value is -2.06. The summed E-state index contributed by atoms with van der Waals surface area (Å²) in [5.41, 5.74) is 12.2. The molecule has 0 aliphatic carbocycles. The minimum absolute atomic E-state index is 0.225. The first kappa shape index (κ1) is 18.7.